The van der Waals surface area contributed by atoms with Gasteiger partial charge in [0.1, 0.15) is 17.7 Å². The quantitative estimate of drug-likeness (QED) is 0.902. The van der Waals surface area contributed by atoms with E-state index in [-0.39, 0.29) is 12.0 Å². The molecule has 3 rings (SSSR count). The van der Waals surface area contributed by atoms with Gasteiger partial charge in [0.15, 0.2) is 0 Å². The van der Waals surface area contributed by atoms with Gasteiger partial charge < -0.3 is 15.0 Å². The summed E-state index contributed by atoms with van der Waals surface area (Å²) in [5.41, 5.74) is 0.938. The fourth-order valence-corrected chi connectivity index (χ4v) is 2.86. The number of anilines is 1. The number of aryl methyl sites for hydroxylation is 1. The molecular weight excluding hydrogens is 268 g/mol. The molecule has 0 radical (unpaired) electrons. The minimum absolute atomic E-state index is 0.0553. The molecule has 2 aliphatic heterocycles. The average molecular weight is 290 g/mol. The molecule has 1 aromatic rings. The summed E-state index contributed by atoms with van der Waals surface area (Å²) in [7, 11) is 0. The molecule has 1 atom stereocenters. The largest absolute Gasteiger partial charge is 0.368 e. The molecule has 21 heavy (non-hydrogen) atoms. The van der Waals surface area contributed by atoms with E-state index in [2.05, 4.69) is 20.2 Å². The van der Waals surface area contributed by atoms with Crippen molar-refractivity contribution in [2.24, 2.45) is 0 Å². The van der Waals surface area contributed by atoms with E-state index in [9.17, 15) is 4.79 Å². The van der Waals surface area contributed by atoms with Gasteiger partial charge in [0, 0.05) is 31.5 Å². The maximum absolute atomic E-state index is 11.9. The lowest BCUT2D eigenvalue weighted by Crippen LogP contribution is -2.34. The lowest BCUT2D eigenvalue weighted by Gasteiger charge is -2.17. The van der Waals surface area contributed by atoms with Crippen molar-refractivity contribution in [2.45, 2.75) is 45.3 Å². The Balaban J connectivity index is 1.63. The van der Waals surface area contributed by atoms with Crippen LogP contribution in [0.5, 0.6) is 0 Å². The van der Waals surface area contributed by atoms with Gasteiger partial charge in [0.05, 0.1) is 6.54 Å². The average Bonchev–Trinajstić information content (AvgIpc) is 3.16. The summed E-state index contributed by atoms with van der Waals surface area (Å²) >= 11 is 0. The molecule has 0 spiro atoms. The van der Waals surface area contributed by atoms with Gasteiger partial charge in [-0.05, 0) is 32.6 Å². The van der Waals surface area contributed by atoms with E-state index in [4.69, 9.17) is 4.74 Å². The molecule has 0 aromatic carbocycles. The van der Waals surface area contributed by atoms with Crippen molar-refractivity contribution >= 4 is 11.7 Å². The number of hydrogen-bond donors (Lipinski definition) is 1. The Labute approximate surface area is 124 Å². The fraction of sp³-hybridized carbons (Fsp3) is 0.667. The highest BCUT2D eigenvalue weighted by atomic mass is 16.5. The van der Waals surface area contributed by atoms with E-state index < -0.39 is 0 Å². The van der Waals surface area contributed by atoms with Crippen molar-refractivity contribution in [2.75, 3.05) is 24.6 Å². The number of hydrogen-bond acceptors (Lipinski definition) is 5. The van der Waals surface area contributed by atoms with Crippen LogP contribution in [0.4, 0.5) is 5.82 Å². The molecule has 0 saturated carbocycles. The van der Waals surface area contributed by atoms with Gasteiger partial charge >= 0.3 is 0 Å². The smallest absolute Gasteiger partial charge is 0.249 e. The first-order chi connectivity index (χ1) is 10.2. The Morgan fingerprint density at radius 1 is 1.38 bits per heavy atom. The van der Waals surface area contributed by atoms with Crippen LogP contribution in [-0.4, -0.2) is 41.7 Å². The lowest BCUT2D eigenvalue weighted by atomic mass is 10.2. The highest BCUT2D eigenvalue weighted by Crippen LogP contribution is 2.18. The predicted molar refractivity (Wildman–Crippen MR) is 79.0 cm³/mol. The van der Waals surface area contributed by atoms with Crippen LogP contribution in [0, 0.1) is 6.92 Å². The topological polar surface area (TPSA) is 67.4 Å². The van der Waals surface area contributed by atoms with Crippen LogP contribution in [0.25, 0.3) is 0 Å². The number of nitrogens with one attached hydrogen (secondary N) is 1. The minimum Gasteiger partial charge on any atom is -0.368 e. The fourth-order valence-electron chi connectivity index (χ4n) is 2.86. The lowest BCUT2D eigenvalue weighted by molar-refractivity contribution is -0.130. The molecule has 3 heterocycles. The number of ether oxygens (including phenoxy) is 1. The summed E-state index contributed by atoms with van der Waals surface area (Å²) in [5, 5.41) is 2.88. The van der Waals surface area contributed by atoms with Crippen LogP contribution >= 0.6 is 0 Å². The molecule has 0 bridgehead atoms. The number of aromatic nitrogens is 2. The Bertz CT molecular complexity index is 508. The van der Waals surface area contributed by atoms with E-state index in [0.29, 0.717) is 19.0 Å². The van der Waals surface area contributed by atoms with E-state index in [0.717, 1.165) is 37.4 Å². The number of carbonyl (C=O) groups excluding carboxylic acids is 1. The summed E-state index contributed by atoms with van der Waals surface area (Å²) in [5.74, 6) is 1.59. The normalized spacial score (nSPS) is 21.8. The van der Waals surface area contributed by atoms with Crippen molar-refractivity contribution in [1.29, 1.82) is 0 Å². The van der Waals surface area contributed by atoms with Crippen LogP contribution in [0.1, 0.15) is 37.2 Å². The van der Waals surface area contributed by atoms with Gasteiger partial charge in [-0.3, -0.25) is 4.79 Å². The molecule has 6 heteroatoms. The monoisotopic (exact) mass is 290 g/mol. The molecule has 2 saturated heterocycles. The molecule has 6 nitrogen and oxygen atoms in total. The molecule has 1 aromatic heterocycles. The second kappa shape index (κ2) is 6.39. The van der Waals surface area contributed by atoms with Gasteiger partial charge in [0.25, 0.3) is 0 Å². The second-order valence-electron chi connectivity index (χ2n) is 5.70. The van der Waals surface area contributed by atoms with Gasteiger partial charge in [-0.15, -0.1) is 0 Å². The SMILES string of the molecule is Cc1cc(N2CCCC2)nc(CNC(=O)C2CCCO2)n1. The van der Waals surface area contributed by atoms with E-state index in [1.165, 1.54) is 12.8 Å². The third-order valence-corrected chi connectivity index (χ3v) is 3.96. The molecule has 114 valence electrons. The Hall–Kier alpha value is -1.69. The maximum Gasteiger partial charge on any atom is 0.249 e. The summed E-state index contributed by atoms with van der Waals surface area (Å²) < 4.78 is 5.37. The van der Waals surface area contributed by atoms with E-state index >= 15 is 0 Å². The zero-order valence-electron chi connectivity index (χ0n) is 12.5. The number of nitrogens with zero attached hydrogens (tertiary/aromatic N) is 3. The van der Waals surface area contributed by atoms with Crippen LogP contribution in [-0.2, 0) is 16.1 Å². The molecule has 1 amide bonds. The van der Waals surface area contributed by atoms with Gasteiger partial charge in [-0.25, -0.2) is 9.97 Å². The van der Waals surface area contributed by atoms with Crippen LogP contribution < -0.4 is 10.2 Å². The standard InChI is InChI=1S/C15H22N4O2/c1-11-9-14(19-6-2-3-7-19)18-13(17-11)10-16-15(20)12-5-4-8-21-12/h9,12H,2-8,10H2,1H3,(H,16,20). The Morgan fingerprint density at radius 3 is 2.90 bits per heavy atom. The number of amides is 1. The first kappa shape index (κ1) is 14.3. The predicted octanol–water partition coefficient (Wildman–Crippen LogP) is 1.18. The van der Waals surface area contributed by atoms with Crippen molar-refractivity contribution in [3.8, 4) is 0 Å². The highest BCUT2D eigenvalue weighted by Gasteiger charge is 2.23. The molecule has 1 N–H and O–H groups in total. The zero-order chi connectivity index (χ0) is 14.7. The second-order valence-corrected chi connectivity index (χ2v) is 5.70. The maximum atomic E-state index is 11.9. The third kappa shape index (κ3) is 3.50. The third-order valence-electron chi connectivity index (χ3n) is 3.96. The van der Waals surface area contributed by atoms with E-state index in [1.54, 1.807) is 0 Å². The Morgan fingerprint density at radius 2 is 2.19 bits per heavy atom. The van der Waals surface area contributed by atoms with Crippen molar-refractivity contribution in [3.05, 3.63) is 17.6 Å². The molecule has 2 aliphatic rings. The summed E-state index contributed by atoms with van der Waals surface area (Å²) in [4.78, 5) is 23.2. The summed E-state index contributed by atoms with van der Waals surface area (Å²) in [6, 6.07) is 2.01. The van der Waals surface area contributed by atoms with Gasteiger partial charge in [0.2, 0.25) is 5.91 Å². The number of carbonyl (C=O) groups is 1. The van der Waals surface area contributed by atoms with Crippen molar-refractivity contribution in [1.82, 2.24) is 15.3 Å². The zero-order valence-corrected chi connectivity index (χ0v) is 12.5. The molecular formula is C15H22N4O2. The van der Waals surface area contributed by atoms with Crippen LogP contribution in [0.15, 0.2) is 6.07 Å². The van der Waals surface area contributed by atoms with Crippen molar-refractivity contribution < 1.29 is 9.53 Å². The van der Waals surface area contributed by atoms with Gasteiger partial charge in [-0.1, -0.05) is 0 Å². The number of rotatable bonds is 4. The molecule has 1 unspecified atom stereocenters. The Kier molecular flexibility index (Phi) is 4.34. The highest BCUT2D eigenvalue weighted by molar-refractivity contribution is 5.80. The van der Waals surface area contributed by atoms with Crippen LogP contribution in [0.3, 0.4) is 0 Å². The minimum atomic E-state index is -0.298. The van der Waals surface area contributed by atoms with Gasteiger partial charge in [-0.2, -0.15) is 0 Å². The molecule has 2 fully saturated rings. The van der Waals surface area contributed by atoms with Crippen molar-refractivity contribution in [3.63, 3.8) is 0 Å². The summed E-state index contributed by atoms with van der Waals surface area (Å²) in [6.45, 7) is 5.11. The molecule has 0 aliphatic carbocycles. The summed E-state index contributed by atoms with van der Waals surface area (Å²) in [6.07, 6.45) is 3.90. The van der Waals surface area contributed by atoms with Crippen LogP contribution in [0.2, 0.25) is 0 Å². The first-order valence-corrected chi connectivity index (χ1v) is 7.71. The van der Waals surface area contributed by atoms with E-state index in [1.807, 2.05) is 13.0 Å². The first-order valence-electron chi connectivity index (χ1n) is 7.71.